The number of hydrogen-bond donors (Lipinski definition) is 0. The molecule has 74 valence electrons. The van der Waals surface area contributed by atoms with Crippen molar-refractivity contribution >= 4 is 15.9 Å². The monoisotopic (exact) mass is 260 g/mol. The molecule has 0 saturated heterocycles. The molecule has 0 aliphatic heterocycles. The normalized spacial score (nSPS) is 9.47. The van der Waals surface area contributed by atoms with E-state index in [9.17, 15) is 0 Å². The Morgan fingerprint density at radius 1 is 1.00 bits per heavy atom. The van der Waals surface area contributed by atoms with Crippen LogP contribution >= 0.6 is 15.9 Å². The van der Waals surface area contributed by atoms with Gasteiger partial charge in [-0.05, 0) is 49.2 Å². The van der Waals surface area contributed by atoms with Gasteiger partial charge in [0.25, 0.3) is 0 Å². The van der Waals surface area contributed by atoms with Gasteiger partial charge in [0, 0.05) is 10.0 Å². The van der Waals surface area contributed by atoms with E-state index in [2.05, 4.69) is 27.8 Å². The van der Waals surface area contributed by atoms with Crippen LogP contribution in [0.5, 0.6) is 0 Å². The van der Waals surface area contributed by atoms with Crippen LogP contribution in [-0.2, 0) is 0 Å². The fraction of sp³-hybridized carbons (Fsp3) is 0.0769. The first-order valence-electron chi connectivity index (χ1n) is 4.58. The third-order valence-electron chi connectivity index (χ3n) is 1.91. The van der Waals surface area contributed by atoms with Crippen molar-refractivity contribution in [2.45, 2.75) is 6.92 Å². The summed E-state index contributed by atoms with van der Waals surface area (Å²) in [6.07, 6.45) is 0. The number of benzene rings is 1. The summed E-state index contributed by atoms with van der Waals surface area (Å²) in [7, 11) is 0. The maximum absolute atomic E-state index is 5.35. The molecular formula is C13H9BrO. The van der Waals surface area contributed by atoms with Gasteiger partial charge in [-0.25, -0.2) is 0 Å². The molecule has 1 nitrogen and oxygen atoms in total. The Hall–Kier alpha value is -1.46. The lowest BCUT2D eigenvalue weighted by Gasteiger charge is -1.89. The maximum Gasteiger partial charge on any atom is 0.177 e. The van der Waals surface area contributed by atoms with Crippen molar-refractivity contribution in [2.75, 3.05) is 0 Å². The van der Waals surface area contributed by atoms with Crippen molar-refractivity contribution in [1.82, 2.24) is 0 Å². The molecule has 0 spiro atoms. The average molecular weight is 261 g/mol. The van der Waals surface area contributed by atoms with Crippen LogP contribution in [0, 0.1) is 18.8 Å². The molecule has 0 atom stereocenters. The zero-order valence-electron chi connectivity index (χ0n) is 8.25. The lowest BCUT2D eigenvalue weighted by Crippen LogP contribution is -1.73. The van der Waals surface area contributed by atoms with E-state index in [1.54, 1.807) is 0 Å². The summed E-state index contributed by atoms with van der Waals surface area (Å²) in [5, 5.41) is 0. The molecular weight excluding hydrogens is 252 g/mol. The summed E-state index contributed by atoms with van der Waals surface area (Å²) >= 11 is 3.38. The van der Waals surface area contributed by atoms with Crippen LogP contribution in [0.25, 0.3) is 0 Å². The van der Waals surface area contributed by atoms with E-state index < -0.39 is 0 Å². The number of aryl methyl sites for hydroxylation is 1. The van der Waals surface area contributed by atoms with Crippen LogP contribution in [0.3, 0.4) is 0 Å². The van der Waals surface area contributed by atoms with E-state index in [4.69, 9.17) is 4.42 Å². The van der Waals surface area contributed by atoms with E-state index in [0.717, 1.165) is 15.8 Å². The lowest BCUT2D eigenvalue weighted by molar-refractivity contribution is 0.522. The number of hydrogen-bond acceptors (Lipinski definition) is 1. The topological polar surface area (TPSA) is 13.1 Å². The van der Waals surface area contributed by atoms with Crippen LogP contribution in [0.4, 0.5) is 0 Å². The second-order valence-electron chi connectivity index (χ2n) is 3.17. The predicted molar refractivity (Wildman–Crippen MR) is 63.6 cm³/mol. The summed E-state index contributed by atoms with van der Waals surface area (Å²) in [4.78, 5) is 0. The van der Waals surface area contributed by atoms with E-state index >= 15 is 0 Å². The minimum absolute atomic E-state index is 0.704. The highest BCUT2D eigenvalue weighted by Gasteiger charge is 1.92. The molecule has 2 aromatic rings. The summed E-state index contributed by atoms with van der Waals surface area (Å²) in [5.74, 6) is 7.59. The van der Waals surface area contributed by atoms with Crippen molar-refractivity contribution < 1.29 is 4.42 Å². The van der Waals surface area contributed by atoms with Crippen LogP contribution in [0.1, 0.15) is 17.1 Å². The Balaban J connectivity index is 2.22. The van der Waals surface area contributed by atoms with Gasteiger partial charge in [-0.2, -0.15) is 0 Å². The molecule has 1 heterocycles. The zero-order chi connectivity index (χ0) is 10.7. The minimum Gasteiger partial charge on any atom is -0.453 e. The maximum atomic E-state index is 5.35. The second-order valence-corrected chi connectivity index (χ2v) is 4.08. The summed E-state index contributed by atoms with van der Waals surface area (Å²) in [5.41, 5.74) is 0.979. The molecule has 0 N–H and O–H groups in total. The number of furan rings is 1. The molecule has 0 aliphatic carbocycles. The molecule has 0 saturated carbocycles. The predicted octanol–water partition coefficient (Wildman–Crippen LogP) is 3.75. The first-order chi connectivity index (χ1) is 7.24. The first kappa shape index (κ1) is 10.1. The smallest absolute Gasteiger partial charge is 0.177 e. The van der Waals surface area contributed by atoms with Crippen molar-refractivity contribution in [3.05, 3.63) is 58.0 Å². The van der Waals surface area contributed by atoms with E-state index in [0.29, 0.717) is 5.76 Å². The molecule has 0 fully saturated rings. The third-order valence-corrected chi connectivity index (χ3v) is 2.44. The van der Waals surface area contributed by atoms with E-state index in [-0.39, 0.29) is 0 Å². The van der Waals surface area contributed by atoms with Crippen molar-refractivity contribution in [3.63, 3.8) is 0 Å². The molecule has 0 unspecified atom stereocenters. The van der Waals surface area contributed by atoms with Crippen LogP contribution in [0.2, 0.25) is 0 Å². The standard InChI is InChI=1S/C13H9BrO/c1-10-2-8-13(15-10)9-5-11-3-6-12(14)7-4-11/h2-4,6-8H,1H3. The molecule has 0 bridgehead atoms. The van der Waals surface area contributed by atoms with Gasteiger partial charge in [-0.3, -0.25) is 0 Å². The lowest BCUT2D eigenvalue weighted by atomic mass is 10.2. The Kier molecular flexibility index (Phi) is 2.94. The van der Waals surface area contributed by atoms with Gasteiger partial charge in [0.15, 0.2) is 5.76 Å². The number of rotatable bonds is 0. The van der Waals surface area contributed by atoms with Crippen LogP contribution < -0.4 is 0 Å². The summed E-state index contributed by atoms with van der Waals surface area (Å²) in [6, 6.07) is 11.7. The molecule has 0 aliphatic rings. The van der Waals surface area contributed by atoms with Crippen molar-refractivity contribution in [2.24, 2.45) is 0 Å². The zero-order valence-corrected chi connectivity index (χ0v) is 9.84. The van der Waals surface area contributed by atoms with Crippen LogP contribution in [-0.4, -0.2) is 0 Å². The molecule has 0 radical (unpaired) electrons. The van der Waals surface area contributed by atoms with Gasteiger partial charge in [0.2, 0.25) is 0 Å². The number of halogens is 1. The Morgan fingerprint density at radius 3 is 2.33 bits per heavy atom. The van der Waals surface area contributed by atoms with Gasteiger partial charge < -0.3 is 4.42 Å². The highest BCUT2D eigenvalue weighted by Crippen LogP contribution is 2.10. The van der Waals surface area contributed by atoms with Gasteiger partial charge in [-0.1, -0.05) is 21.9 Å². The van der Waals surface area contributed by atoms with Gasteiger partial charge in [0.05, 0.1) is 0 Å². The second kappa shape index (κ2) is 4.37. The Bertz CT molecular complexity index is 511. The summed E-state index contributed by atoms with van der Waals surface area (Å²) in [6.45, 7) is 1.91. The fourth-order valence-corrected chi connectivity index (χ4v) is 1.43. The average Bonchev–Trinajstić information content (AvgIpc) is 2.64. The fourth-order valence-electron chi connectivity index (χ4n) is 1.17. The van der Waals surface area contributed by atoms with Gasteiger partial charge in [0.1, 0.15) is 5.76 Å². The van der Waals surface area contributed by atoms with Gasteiger partial charge in [-0.15, -0.1) is 0 Å². The Morgan fingerprint density at radius 2 is 1.73 bits per heavy atom. The SMILES string of the molecule is Cc1ccc(C#Cc2ccc(Br)cc2)o1. The summed E-state index contributed by atoms with van der Waals surface area (Å²) < 4.78 is 6.40. The molecule has 0 amide bonds. The van der Waals surface area contributed by atoms with Crippen molar-refractivity contribution in [3.8, 4) is 11.8 Å². The van der Waals surface area contributed by atoms with Gasteiger partial charge >= 0.3 is 0 Å². The molecule has 1 aromatic carbocycles. The largest absolute Gasteiger partial charge is 0.453 e. The molecule has 2 rings (SSSR count). The quantitative estimate of drug-likeness (QED) is 0.658. The Labute approximate surface area is 97.2 Å². The highest BCUT2D eigenvalue weighted by molar-refractivity contribution is 9.10. The van der Waals surface area contributed by atoms with E-state index in [1.165, 1.54) is 0 Å². The molecule has 1 aromatic heterocycles. The first-order valence-corrected chi connectivity index (χ1v) is 5.37. The van der Waals surface area contributed by atoms with Crippen LogP contribution in [0.15, 0.2) is 45.3 Å². The van der Waals surface area contributed by atoms with E-state index in [1.807, 2.05) is 43.3 Å². The highest BCUT2D eigenvalue weighted by atomic mass is 79.9. The van der Waals surface area contributed by atoms with Crippen molar-refractivity contribution in [1.29, 1.82) is 0 Å². The minimum atomic E-state index is 0.704. The molecule has 2 heteroatoms. The third kappa shape index (κ3) is 2.74. The molecule has 15 heavy (non-hydrogen) atoms.